The van der Waals surface area contributed by atoms with Crippen LogP contribution in [0.3, 0.4) is 0 Å². The van der Waals surface area contributed by atoms with Crippen molar-refractivity contribution in [3.05, 3.63) is 230 Å². The number of allylic oxidation sites excluding steroid dienone is 4. The molecule has 0 atom stereocenters. The fourth-order valence-corrected chi connectivity index (χ4v) is 9.85. The predicted octanol–water partition coefficient (Wildman–Crippen LogP) is 14.9. The quantitative estimate of drug-likeness (QED) is 0.152. The molecule has 0 radical (unpaired) electrons. The van der Waals surface area contributed by atoms with Crippen LogP contribution in [0.4, 0.5) is 0 Å². The normalized spacial score (nSPS) is 12.6. The number of para-hydroxylation sites is 2. The first-order valence-electron chi connectivity index (χ1n) is 23.1. The molecule has 0 spiro atoms. The topological polar surface area (TPSA) is 74.3 Å². The van der Waals surface area contributed by atoms with E-state index in [1.807, 2.05) is 30.3 Å². The van der Waals surface area contributed by atoms with Crippen LogP contribution in [0.5, 0.6) is 0 Å². The number of rotatable bonds is 8. The molecule has 12 aromatic rings. The minimum absolute atomic E-state index is 0.548. The van der Waals surface area contributed by atoms with E-state index in [0.29, 0.717) is 23.4 Å². The van der Waals surface area contributed by atoms with E-state index in [4.69, 9.17) is 24.9 Å². The molecule has 7 heteroatoms. The molecule has 0 fully saturated rings. The number of hydrogen-bond acceptors (Lipinski definition) is 5. The van der Waals surface area contributed by atoms with Crippen molar-refractivity contribution in [1.29, 1.82) is 0 Å². The number of benzene rings is 8. The van der Waals surface area contributed by atoms with Crippen LogP contribution < -0.4 is 0 Å². The molecule has 1 aliphatic rings. The number of aromatic nitrogens is 7. The molecule has 1 aliphatic carbocycles. The van der Waals surface area contributed by atoms with Crippen LogP contribution in [-0.2, 0) is 0 Å². The zero-order chi connectivity index (χ0) is 45.0. The maximum atomic E-state index is 5.38. The molecule has 7 nitrogen and oxygen atoms in total. The molecule has 0 amide bonds. The second-order valence-corrected chi connectivity index (χ2v) is 17.2. The van der Waals surface area contributed by atoms with Crippen molar-refractivity contribution in [2.24, 2.45) is 0 Å². The molecule has 0 saturated heterocycles. The molecule has 320 valence electrons. The SMILES string of the molecule is C1=CCCC(c2cc(-c3ccccc3)nc(-c3ccc(-n4c5ccccc5c5cc6c7ccccc7n(-c7nc(-c8ccccc8)nc(-c8ccccc8-c8ccccc8)n7)c6cc54)cc3)n2)=C1. The number of nitrogens with zero attached hydrogens (tertiary/aromatic N) is 7. The molecule has 0 aliphatic heterocycles. The van der Waals surface area contributed by atoms with E-state index in [1.165, 1.54) is 11.0 Å². The molecular formula is C61H41N7. The van der Waals surface area contributed by atoms with Crippen LogP contribution in [-0.4, -0.2) is 34.1 Å². The summed E-state index contributed by atoms with van der Waals surface area (Å²) in [5.41, 5.74) is 14.4. The smallest absolute Gasteiger partial charge is 0.238 e. The summed E-state index contributed by atoms with van der Waals surface area (Å²) in [6.45, 7) is 0. The third-order valence-electron chi connectivity index (χ3n) is 13.1. The summed E-state index contributed by atoms with van der Waals surface area (Å²) in [4.78, 5) is 26.2. The molecule has 13 rings (SSSR count). The van der Waals surface area contributed by atoms with Gasteiger partial charge in [-0.2, -0.15) is 9.97 Å². The van der Waals surface area contributed by atoms with Gasteiger partial charge in [-0.05, 0) is 84.1 Å². The van der Waals surface area contributed by atoms with Crippen molar-refractivity contribution >= 4 is 49.2 Å². The van der Waals surface area contributed by atoms with Crippen molar-refractivity contribution in [2.75, 3.05) is 0 Å². The maximum absolute atomic E-state index is 5.38. The predicted molar refractivity (Wildman–Crippen MR) is 278 cm³/mol. The van der Waals surface area contributed by atoms with E-state index in [0.717, 1.165) is 102 Å². The first-order chi connectivity index (χ1) is 33.7. The summed E-state index contributed by atoms with van der Waals surface area (Å²) < 4.78 is 4.58. The Morgan fingerprint density at radius 2 is 0.897 bits per heavy atom. The van der Waals surface area contributed by atoms with Crippen molar-refractivity contribution in [2.45, 2.75) is 12.8 Å². The summed E-state index contributed by atoms with van der Waals surface area (Å²) >= 11 is 0. The molecule has 68 heavy (non-hydrogen) atoms. The zero-order valence-corrected chi connectivity index (χ0v) is 36.9. The van der Waals surface area contributed by atoms with E-state index >= 15 is 0 Å². The highest BCUT2D eigenvalue weighted by Crippen LogP contribution is 2.41. The van der Waals surface area contributed by atoms with Gasteiger partial charge in [0, 0.05) is 49.5 Å². The Kier molecular flexibility index (Phi) is 9.49. The van der Waals surface area contributed by atoms with Crippen molar-refractivity contribution in [3.63, 3.8) is 0 Å². The lowest BCUT2D eigenvalue weighted by molar-refractivity contribution is 0.954. The fraction of sp³-hybridized carbons (Fsp3) is 0.0328. The minimum Gasteiger partial charge on any atom is -0.309 e. The van der Waals surface area contributed by atoms with Crippen LogP contribution in [0.2, 0.25) is 0 Å². The van der Waals surface area contributed by atoms with Crippen molar-refractivity contribution in [1.82, 2.24) is 34.1 Å². The Hall–Kier alpha value is -9.07. The molecule has 0 saturated carbocycles. The van der Waals surface area contributed by atoms with Crippen LogP contribution >= 0.6 is 0 Å². The summed E-state index contributed by atoms with van der Waals surface area (Å²) in [6, 6.07) is 72.1. The van der Waals surface area contributed by atoms with Gasteiger partial charge in [0.1, 0.15) is 0 Å². The molecule has 8 aromatic carbocycles. The van der Waals surface area contributed by atoms with Crippen molar-refractivity contribution in [3.8, 4) is 68.2 Å². The van der Waals surface area contributed by atoms with Gasteiger partial charge >= 0.3 is 0 Å². The van der Waals surface area contributed by atoms with Gasteiger partial charge in [-0.15, -0.1) is 0 Å². The van der Waals surface area contributed by atoms with Gasteiger partial charge in [0.25, 0.3) is 0 Å². The van der Waals surface area contributed by atoms with E-state index in [2.05, 4.69) is 203 Å². The summed E-state index contributed by atoms with van der Waals surface area (Å²) in [5.74, 6) is 2.46. The fourth-order valence-electron chi connectivity index (χ4n) is 9.85. The molecule has 0 N–H and O–H groups in total. The summed E-state index contributed by atoms with van der Waals surface area (Å²) in [5, 5.41) is 4.58. The van der Waals surface area contributed by atoms with E-state index in [9.17, 15) is 0 Å². The van der Waals surface area contributed by atoms with E-state index in [-0.39, 0.29) is 0 Å². The van der Waals surface area contributed by atoms with Gasteiger partial charge < -0.3 is 4.57 Å². The molecule has 0 unspecified atom stereocenters. The van der Waals surface area contributed by atoms with Gasteiger partial charge in [-0.25, -0.2) is 15.0 Å². The maximum Gasteiger partial charge on any atom is 0.238 e. The minimum atomic E-state index is 0.548. The summed E-state index contributed by atoms with van der Waals surface area (Å²) in [6.07, 6.45) is 8.47. The lowest BCUT2D eigenvalue weighted by Gasteiger charge is -2.14. The molecular weight excluding hydrogens is 831 g/mol. The Balaban J connectivity index is 1.01. The van der Waals surface area contributed by atoms with E-state index < -0.39 is 0 Å². The highest BCUT2D eigenvalue weighted by molar-refractivity contribution is 6.19. The average Bonchev–Trinajstić information content (AvgIpc) is 3.93. The van der Waals surface area contributed by atoms with Gasteiger partial charge in [-0.1, -0.05) is 170 Å². The third-order valence-corrected chi connectivity index (χ3v) is 13.1. The van der Waals surface area contributed by atoms with Crippen LogP contribution in [0.25, 0.3) is 117 Å². The molecule has 4 aromatic heterocycles. The number of hydrogen-bond donors (Lipinski definition) is 0. The van der Waals surface area contributed by atoms with E-state index in [1.54, 1.807) is 0 Å². The monoisotopic (exact) mass is 871 g/mol. The second kappa shape index (κ2) is 16.4. The first kappa shape index (κ1) is 39.3. The van der Waals surface area contributed by atoms with Gasteiger partial charge in [-0.3, -0.25) is 4.57 Å². The zero-order valence-electron chi connectivity index (χ0n) is 36.9. The lowest BCUT2D eigenvalue weighted by atomic mass is 9.99. The lowest BCUT2D eigenvalue weighted by Crippen LogP contribution is -2.07. The Morgan fingerprint density at radius 1 is 0.353 bits per heavy atom. The number of fused-ring (bicyclic) bond motifs is 6. The Bertz CT molecular complexity index is 3940. The standard InChI is InChI=1S/C61H41N7/c1-5-19-40(20-6-1)46-27-13-14-30-49(46)60-64-59(43-25-11-4-12-26-43)65-61(66-60)68-55-32-18-16-29-48(55)51-37-50-47-28-15-17-31-54(47)67(56(50)39-57(51)68)45-35-33-44(34-36-45)58-62-52(41-21-7-2-8-22-41)38-53(63-58)42-23-9-3-10-24-42/h1-9,11-23,25-39H,10,24H2. The van der Waals surface area contributed by atoms with Crippen molar-refractivity contribution < 1.29 is 0 Å². The van der Waals surface area contributed by atoms with Crippen LogP contribution in [0.15, 0.2) is 224 Å². The van der Waals surface area contributed by atoms with Crippen LogP contribution in [0.1, 0.15) is 18.5 Å². The first-order valence-corrected chi connectivity index (χ1v) is 23.1. The highest BCUT2D eigenvalue weighted by Gasteiger charge is 2.22. The Morgan fingerprint density at radius 3 is 1.59 bits per heavy atom. The molecule has 0 bridgehead atoms. The van der Waals surface area contributed by atoms with Gasteiger partial charge in [0.2, 0.25) is 5.95 Å². The second-order valence-electron chi connectivity index (χ2n) is 17.2. The Labute approximate surface area is 392 Å². The third kappa shape index (κ3) is 6.79. The van der Waals surface area contributed by atoms with Gasteiger partial charge in [0.15, 0.2) is 17.5 Å². The highest BCUT2D eigenvalue weighted by atomic mass is 15.2. The van der Waals surface area contributed by atoms with Crippen LogP contribution in [0, 0.1) is 0 Å². The molecule has 4 heterocycles. The average molecular weight is 872 g/mol. The largest absolute Gasteiger partial charge is 0.309 e. The summed E-state index contributed by atoms with van der Waals surface area (Å²) in [7, 11) is 0. The van der Waals surface area contributed by atoms with Gasteiger partial charge in [0.05, 0.1) is 33.5 Å².